The fourth-order valence-corrected chi connectivity index (χ4v) is 3.48. The predicted octanol–water partition coefficient (Wildman–Crippen LogP) is 3.14. The van der Waals surface area contributed by atoms with Gasteiger partial charge < -0.3 is 9.67 Å². The van der Waals surface area contributed by atoms with Gasteiger partial charge in [0.1, 0.15) is 0 Å². The number of nitrogens with zero attached hydrogens (tertiary/aromatic N) is 1. The summed E-state index contributed by atoms with van der Waals surface area (Å²) in [6, 6.07) is 2.92. The number of hydrogen-bond acceptors (Lipinski definition) is 1. The van der Waals surface area contributed by atoms with E-state index in [0.29, 0.717) is 6.04 Å². The van der Waals surface area contributed by atoms with E-state index < -0.39 is 0 Å². The highest BCUT2D eigenvalue weighted by Crippen LogP contribution is 2.42. The van der Waals surface area contributed by atoms with Crippen molar-refractivity contribution in [1.82, 2.24) is 4.57 Å². The third-order valence-electron chi connectivity index (χ3n) is 4.33. The van der Waals surface area contributed by atoms with Gasteiger partial charge in [-0.15, -0.1) is 0 Å². The minimum Gasteiger partial charge on any atom is -0.388 e. The lowest BCUT2D eigenvalue weighted by molar-refractivity contribution is 0.152. The minimum absolute atomic E-state index is 0.207. The van der Waals surface area contributed by atoms with E-state index in [-0.39, 0.29) is 6.10 Å². The summed E-state index contributed by atoms with van der Waals surface area (Å²) < 4.78 is 2.51. The van der Waals surface area contributed by atoms with Crippen molar-refractivity contribution in [2.24, 2.45) is 5.92 Å². The normalized spacial score (nSPS) is 33.3. The molecule has 1 aromatic rings. The van der Waals surface area contributed by atoms with Gasteiger partial charge in [-0.05, 0) is 51.0 Å². The molecule has 0 saturated heterocycles. The van der Waals surface area contributed by atoms with E-state index in [4.69, 9.17) is 0 Å². The topological polar surface area (TPSA) is 25.2 Å². The Balaban J connectivity index is 1.98. The number of aliphatic hydroxyl groups is 1. The molecule has 2 aliphatic rings. The summed E-state index contributed by atoms with van der Waals surface area (Å²) in [5.74, 6) is 0.885. The van der Waals surface area contributed by atoms with Gasteiger partial charge >= 0.3 is 0 Å². The number of aromatic nitrogens is 1. The van der Waals surface area contributed by atoms with Crippen molar-refractivity contribution in [3.63, 3.8) is 0 Å². The maximum Gasteiger partial charge on any atom is 0.0807 e. The Labute approximate surface area is 97.3 Å². The smallest absolute Gasteiger partial charge is 0.0807 e. The number of aliphatic hydroxyl groups excluding tert-OH is 1. The zero-order valence-electron chi connectivity index (χ0n) is 10.2. The molecule has 1 fully saturated rings. The molecule has 0 aliphatic heterocycles. The summed E-state index contributed by atoms with van der Waals surface area (Å²) in [5.41, 5.74) is 3.99. The van der Waals surface area contributed by atoms with Crippen molar-refractivity contribution in [2.75, 3.05) is 0 Å². The molecule has 1 atom stereocenters. The van der Waals surface area contributed by atoms with E-state index in [1.54, 1.807) is 0 Å². The van der Waals surface area contributed by atoms with Crippen LogP contribution >= 0.6 is 0 Å². The van der Waals surface area contributed by atoms with Crippen LogP contribution in [0.4, 0.5) is 0 Å². The summed E-state index contributed by atoms with van der Waals surface area (Å²) in [5, 5.41) is 10.0. The lowest BCUT2D eigenvalue weighted by atomic mass is 9.81. The summed E-state index contributed by atoms with van der Waals surface area (Å²) in [4.78, 5) is 0. The van der Waals surface area contributed by atoms with E-state index in [2.05, 4.69) is 24.5 Å². The summed E-state index contributed by atoms with van der Waals surface area (Å²) in [6.07, 6.45) is 5.67. The van der Waals surface area contributed by atoms with Crippen molar-refractivity contribution in [3.8, 4) is 0 Å². The van der Waals surface area contributed by atoms with Gasteiger partial charge in [0.15, 0.2) is 0 Å². The number of fused-ring (bicyclic) bond motifs is 1. The molecule has 2 nitrogen and oxygen atoms in total. The van der Waals surface area contributed by atoms with Gasteiger partial charge in [0.25, 0.3) is 0 Å². The Morgan fingerprint density at radius 2 is 2.12 bits per heavy atom. The SMILES string of the molecule is Cc1cc2c(n1C1CC(C)C1)CCCC2O. The average molecular weight is 219 g/mol. The monoisotopic (exact) mass is 219 g/mol. The molecular weight excluding hydrogens is 198 g/mol. The van der Waals surface area contributed by atoms with Gasteiger partial charge in [-0.3, -0.25) is 0 Å². The molecule has 1 heterocycles. The maximum absolute atomic E-state index is 10.0. The van der Waals surface area contributed by atoms with Crippen LogP contribution in [0.25, 0.3) is 0 Å². The molecule has 16 heavy (non-hydrogen) atoms. The summed E-state index contributed by atoms with van der Waals surface area (Å²) in [7, 11) is 0. The number of rotatable bonds is 1. The van der Waals surface area contributed by atoms with E-state index in [0.717, 1.165) is 25.2 Å². The second-order valence-corrected chi connectivity index (χ2v) is 5.70. The van der Waals surface area contributed by atoms with Crippen molar-refractivity contribution in [3.05, 3.63) is 23.0 Å². The van der Waals surface area contributed by atoms with Crippen LogP contribution in [0.3, 0.4) is 0 Å². The van der Waals surface area contributed by atoms with E-state index in [9.17, 15) is 5.11 Å². The summed E-state index contributed by atoms with van der Waals surface area (Å²) in [6.45, 7) is 4.52. The van der Waals surface area contributed by atoms with Crippen molar-refractivity contribution in [1.29, 1.82) is 0 Å². The quantitative estimate of drug-likeness (QED) is 0.771. The second kappa shape index (κ2) is 3.63. The first kappa shape index (κ1) is 10.4. The minimum atomic E-state index is -0.207. The molecule has 1 unspecified atom stereocenters. The lowest BCUT2D eigenvalue weighted by Crippen LogP contribution is -2.27. The van der Waals surface area contributed by atoms with Crippen LogP contribution in [-0.2, 0) is 6.42 Å². The molecule has 1 N–H and O–H groups in total. The second-order valence-electron chi connectivity index (χ2n) is 5.70. The van der Waals surface area contributed by atoms with Gasteiger partial charge in [0.05, 0.1) is 6.10 Å². The van der Waals surface area contributed by atoms with Gasteiger partial charge in [-0.25, -0.2) is 0 Å². The molecule has 0 spiro atoms. The van der Waals surface area contributed by atoms with Gasteiger partial charge in [-0.1, -0.05) is 6.92 Å². The highest BCUT2D eigenvalue weighted by Gasteiger charge is 2.32. The molecule has 3 rings (SSSR count). The highest BCUT2D eigenvalue weighted by molar-refractivity contribution is 5.32. The molecule has 1 saturated carbocycles. The predicted molar refractivity (Wildman–Crippen MR) is 64.5 cm³/mol. The van der Waals surface area contributed by atoms with E-state index in [1.807, 2.05) is 0 Å². The van der Waals surface area contributed by atoms with E-state index in [1.165, 1.54) is 29.8 Å². The molecule has 0 bridgehead atoms. The Kier molecular flexibility index (Phi) is 2.36. The average Bonchev–Trinajstić information content (AvgIpc) is 2.52. The van der Waals surface area contributed by atoms with Crippen molar-refractivity contribution in [2.45, 2.75) is 58.1 Å². The van der Waals surface area contributed by atoms with Crippen LogP contribution in [0.2, 0.25) is 0 Å². The van der Waals surface area contributed by atoms with Gasteiger partial charge in [-0.2, -0.15) is 0 Å². The zero-order chi connectivity index (χ0) is 11.3. The maximum atomic E-state index is 10.0. The van der Waals surface area contributed by atoms with Crippen LogP contribution in [-0.4, -0.2) is 9.67 Å². The Hall–Kier alpha value is -0.760. The molecular formula is C14H21NO. The third kappa shape index (κ3) is 1.43. The molecule has 0 radical (unpaired) electrons. The first-order valence-electron chi connectivity index (χ1n) is 6.55. The standard InChI is InChI=1S/C14H21NO/c1-9-6-11(7-9)15-10(2)8-12-13(15)4-3-5-14(12)16/h8-9,11,14,16H,3-7H2,1-2H3. The van der Waals surface area contributed by atoms with Crippen LogP contribution in [0.15, 0.2) is 6.07 Å². The Morgan fingerprint density at radius 1 is 1.38 bits per heavy atom. The summed E-state index contributed by atoms with van der Waals surface area (Å²) >= 11 is 0. The van der Waals surface area contributed by atoms with Crippen LogP contribution in [0.5, 0.6) is 0 Å². The van der Waals surface area contributed by atoms with Gasteiger partial charge in [0.2, 0.25) is 0 Å². The van der Waals surface area contributed by atoms with Gasteiger partial charge in [0, 0.05) is 23.0 Å². The fourth-order valence-electron chi connectivity index (χ4n) is 3.48. The van der Waals surface area contributed by atoms with E-state index >= 15 is 0 Å². The number of hydrogen-bond donors (Lipinski definition) is 1. The molecule has 2 heteroatoms. The molecule has 88 valence electrons. The largest absolute Gasteiger partial charge is 0.388 e. The Morgan fingerprint density at radius 3 is 2.81 bits per heavy atom. The van der Waals surface area contributed by atoms with Crippen LogP contribution in [0, 0.1) is 12.8 Å². The fraction of sp³-hybridized carbons (Fsp3) is 0.714. The van der Waals surface area contributed by atoms with Crippen LogP contribution in [0.1, 0.15) is 61.7 Å². The first-order valence-corrected chi connectivity index (χ1v) is 6.55. The van der Waals surface area contributed by atoms with Crippen molar-refractivity contribution >= 4 is 0 Å². The first-order chi connectivity index (χ1) is 7.66. The number of aryl methyl sites for hydroxylation is 1. The van der Waals surface area contributed by atoms with Crippen LogP contribution < -0.4 is 0 Å². The zero-order valence-corrected chi connectivity index (χ0v) is 10.2. The lowest BCUT2D eigenvalue weighted by Gasteiger charge is -2.37. The Bertz CT molecular complexity index is 401. The molecule has 0 amide bonds. The molecule has 1 aromatic heterocycles. The molecule has 0 aromatic carbocycles. The molecule has 2 aliphatic carbocycles. The third-order valence-corrected chi connectivity index (χ3v) is 4.33. The van der Waals surface area contributed by atoms with Crippen molar-refractivity contribution < 1.29 is 5.11 Å². The highest BCUT2D eigenvalue weighted by atomic mass is 16.3.